The van der Waals surface area contributed by atoms with E-state index in [1.807, 2.05) is 0 Å². The molecule has 2 aliphatic rings. The Hall–Kier alpha value is -0.650. The average molecular weight is 311 g/mol. The maximum Gasteiger partial charge on any atom is 0.234 e. The molecule has 1 unspecified atom stereocenters. The first-order valence-electron chi connectivity index (χ1n) is 9.01. The molecule has 5 nitrogen and oxygen atoms in total. The largest absolute Gasteiger partial charge is 0.385 e. The molecular weight excluding hydrogens is 278 g/mol. The van der Waals surface area contributed by atoms with Crippen molar-refractivity contribution in [1.29, 1.82) is 0 Å². The van der Waals surface area contributed by atoms with E-state index in [1.54, 1.807) is 7.11 Å². The Balaban J connectivity index is 1.69. The predicted molar refractivity (Wildman–Crippen MR) is 89.0 cm³/mol. The molecule has 0 aromatic carbocycles. The number of carbonyl (C=O) groups is 1. The molecule has 2 heterocycles. The van der Waals surface area contributed by atoms with Crippen molar-refractivity contribution in [1.82, 2.24) is 15.1 Å². The fraction of sp³-hybridized carbons (Fsp3) is 0.941. The first kappa shape index (κ1) is 17.7. The van der Waals surface area contributed by atoms with Gasteiger partial charge in [0.05, 0.1) is 6.54 Å². The Labute approximate surface area is 135 Å². The molecular formula is C17H33N3O2. The third-order valence-corrected chi connectivity index (χ3v) is 4.85. The fourth-order valence-corrected chi connectivity index (χ4v) is 3.64. The third-order valence-electron chi connectivity index (χ3n) is 4.85. The van der Waals surface area contributed by atoms with E-state index < -0.39 is 0 Å². The Morgan fingerprint density at radius 2 is 1.91 bits per heavy atom. The molecule has 2 saturated heterocycles. The number of likely N-dealkylation sites (tertiary alicyclic amines) is 2. The van der Waals surface area contributed by atoms with Crippen LogP contribution in [0.1, 0.15) is 44.9 Å². The average Bonchev–Trinajstić information content (AvgIpc) is 2.81. The Morgan fingerprint density at radius 3 is 2.64 bits per heavy atom. The summed E-state index contributed by atoms with van der Waals surface area (Å²) in [6, 6.07) is 0.660. The van der Waals surface area contributed by atoms with Gasteiger partial charge >= 0.3 is 0 Å². The van der Waals surface area contributed by atoms with Gasteiger partial charge in [0.25, 0.3) is 0 Å². The molecule has 0 aromatic rings. The second kappa shape index (κ2) is 10.2. The lowest BCUT2D eigenvalue weighted by atomic mass is 10.0. The highest BCUT2D eigenvalue weighted by atomic mass is 16.5. The van der Waals surface area contributed by atoms with Gasteiger partial charge in [-0.1, -0.05) is 12.8 Å². The number of methoxy groups -OCH3 is 1. The van der Waals surface area contributed by atoms with Gasteiger partial charge in [-0.05, 0) is 51.7 Å². The highest BCUT2D eigenvalue weighted by molar-refractivity contribution is 5.77. The first-order valence-corrected chi connectivity index (χ1v) is 9.01. The molecule has 1 amide bonds. The number of hydrogen-bond donors (Lipinski definition) is 1. The van der Waals surface area contributed by atoms with Crippen LogP contribution >= 0.6 is 0 Å². The molecule has 2 rings (SSSR count). The zero-order chi connectivity index (χ0) is 15.6. The van der Waals surface area contributed by atoms with Crippen LogP contribution in [-0.2, 0) is 9.53 Å². The topological polar surface area (TPSA) is 44.8 Å². The number of nitrogens with zero attached hydrogens (tertiary/aromatic N) is 2. The van der Waals surface area contributed by atoms with E-state index in [9.17, 15) is 4.79 Å². The Kier molecular flexibility index (Phi) is 8.20. The van der Waals surface area contributed by atoms with Crippen molar-refractivity contribution in [3.05, 3.63) is 0 Å². The summed E-state index contributed by atoms with van der Waals surface area (Å²) in [5.74, 6) is 0.160. The quantitative estimate of drug-likeness (QED) is 0.723. The molecule has 0 radical (unpaired) electrons. The molecule has 128 valence electrons. The van der Waals surface area contributed by atoms with E-state index in [0.29, 0.717) is 19.2 Å². The lowest BCUT2D eigenvalue weighted by Gasteiger charge is -2.38. The van der Waals surface area contributed by atoms with Crippen LogP contribution in [-0.4, -0.2) is 74.7 Å². The number of hydrogen-bond acceptors (Lipinski definition) is 4. The summed E-state index contributed by atoms with van der Waals surface area (Å²) in [7, 11) is 1.69. The van der Waals surface area contributed by atoms with Gasteiger partial charge in [0.2, 0.25) is 5.91 Å². The smallest absolute Gasteiger partial charge is 0.234 e. The van der Waals surface area contributed by atoms with E-state index in [4.69, 9.17) is 4.74 Å². The van der Waals surface area contributed by atoms with Crippen molar-refractivity contribution in [3.8, 4) is 0 Å². The zero-order valence-electron chi connectivity index (χ0n) is 14.2. The van der Waals surface area contributed by atoms with E-state index in [0.717, 1.165) is 26.1 Å². The van der Waals surface area contributed by atoms with Crippen molar-refractivity contribution in [2.24, 2.45) is 0 Å². The number of nitrogens with one attached hydrogen (secondary N) is 1. The predicted octanol–water partition coefficient (Wildman–Crippen LogP) is 1.48. The number of carbonyl (C=O) groups excluding carboxylic acids is 1. The molecule has 1 N–H and O–H groups in total. The molecule has 0 aromatic heterocycles. The van der Waals surface area contributed by atoms with Gasteiger partial charge in [-0.15, -0.1) is 0 Å². The molecule has 0 bridgehead atoms. The normalized spacial score (nSPS) is 24.9. The molecule has 2 aliphatic heterocycles. The van der Waals surface area contributed by atoms with Gasteiger partial charge in [0, 0.05) is 32.8 Å². The molecule has 5 heteroatoms. The number of amides is 1. The molecule has 1 atom stereocenters. The van der Waals surface area contributed by atoms with Gasteiger partial charge in [0.15, 0.2) is 0 Å². The standard InChI is InChI=1S/C17H33N3O2/c1-22-13-7-9-18-17(21)15-19-10-6-8-16(14-19)20-11-4-2-3-5-12-20/h16H,2-15H2,1H3,(H,18,21). The van der Waals surface area contributed by atoms with Gasteiger partial charge in [-0.25, -0.2) is 0 Å². The van der Waals surface area contributed by atoms with Crippen molar-refractivity contribution < 1.29 is 9.53 Å². The SMILES string of the molecule is COCCCNC(=O)CN1CCCC(N2CCCCCC2)C1. The van der Waals surface area contributed by atoms with Crippen LogP contribution in [0.25, 0.3) is 0 Å². The highest BCUT2D eigenvalue weighted by Gasteiger charge is 2.26. The van der Waals surface area contributed by atoms with Crippen LogP contribution in [0.3, 0.4) is 0 Å². The lowest BCUT2D eigenvalue weighted by Crippen LogP contribution is -2.50. The minimum atomic E-state index is 0.160. The summed E-state index contributed by atoms with van der Waals surface area (Å²) in [4.78, 5) is 17.0. The summed E-state index contributed by atoms with van der Waals surface area (Å²) in [5.41, 5.74) is 0. The van der Waals surface area contributed by atoms with Crippen LogP contribution in [0.15, 0.2) is 0 Å². The number of piperidine rings is 1. The number of rotatable bonds is 7. The summed E-state index contributed by atoms with van der Waals surface area (Å²) in [5, 5.41) is 2.99. The summed E-state index contributed by atoms with van der Waals surface area (Å²) in [6.45, 7) is 6.61. The molecule has 2 fully saturated rings. The van der Waals surface area contributed by atoms with E-state index in [2.05, 4.69) is 15.1 Å². The minimum absolute atomic E-state index is 0.160. The monoisotopic (exact) mass is 311 g/mol. The van der Waals surface area contributed by atoms with Crippen molar-refractivity contribution in [3.63, 3.8) is 0 Å². The first-order chi connectivity index (χ1) is 10.8. The third kappa shape index (κ3) is 6.23. The second-order valence-corrected chi connectivity index (χ2v) is 6.68. The van der Waals surface area contributed by atoms with Crippen LogP contribution in [0, 0.1) is 0 Å². The Bertz CT molecular complexity index is 317. The van der Waals surface area contributed by atoms with Gasteiger partial charge in [-0.3, -0.25) is 14.6 Å². The van der Waals surface area contributed by atoms with E-state index in [-0.39, 0.29) is 5.91 Å². The summed E-state index contributed by atoms with van der Waals surface area (Å²) < 4.78 is 5.00. The lowest BCUT2D eigenvalue weighted by molar-refractivity contribution is -0.122. The van der Waals surface area contributed by atoms with Crippen LogP contribution in [0.4, 0.5) is 0 Å². The second-order valence-electron chi connectivity index (χ2n) is 6.68. The van der Waals surface area contributed by atoms with E-state index in [1.165, 1.54) is 51.6 Å². The van der Waals surface area contributed by atoms with Crippen molar-refractivity contribution in [2.45, 2.75) is 51.0 Å². The highest BCUT2D eigenvalue weighted by Crippen LogP contribution is 2.19. The fourth-order valence-electron chi connectivity index (χ4n) is 3.64. The minimum Gasteiger partial charge on any atom is -0.385 e. The number of ether oxygens (including phenoxy) is 1. The molecule has 0 spiro atoms. The van der Waals surface area contributed by atoms with Crippen LogP contribution < -0.4 is 5.32 Å². The van der Waals surface area contributed by atoms with Gasteiger partial charge in [-0.2, -0.15) is 0 Å². The maximum absolute atomic E-state index is 12.0. The maximum atomic E-state index is 12.0. The van der Waals surface area contributed by atoms with Gasteiger partial charge < -0.3 is 10.1 Å². The Morgan fingerprint density at radius 1 is 1.14 bits per heavy atom. The van der Waals surface area contributed by atoms with E-state index >= 15 is 0 Å². The van der Waals surface area contributed by atoms with Crippen molar-refractivity contribution >= 4 is 5.91 Å². The molecule has 22 heavy (non-hydrogen) atoms. The summed E-state index contributed by atoms with van der Waals surface area (Å²) >= 11 is 0. The van der Waals surface area contributed by atoms with Gasteiger partial charge in [0.1, 0.15) is 0 Å². The van der Waals surface area contributed by atoms with Crippen LogP contribution in [0.2, 0.25) is 0 Å². The zero-order valence-corrected chi connectivity index (χ0v) is 14.2. The van der Waals surface area contributed by atoms with Crippen LogP contribution in [0.5, 0.6) is 0 Å². The van der Waals surface area contributed by atoms with Crippen molar-refractivity contribution in [2.75, 3.05) is 53.0 Å². The molecule has 0 aliphatic carbocycles. The molecule has 0 saturated carbocycles. The summed E-state index contributed by atoms with van der Waals surface area (Å²) in [6.07, 6.45) is 8.86.